The van der Waals surface area contributed by atoms with Crippen molar-refractivity contribution in [2.75, 3.05) is 0 Å². The fourth-order valence-corrected chi connectivity index (χ4v) is 1.79. The van der Waals surface area contributed by atoms with E-state index < -0.39 is 11.6 Å². The fraction of sp³-hybridized carbons (Fsp3) is 0.143. The maximum absolute atomic E-state index is 13.5. The van der Waals surface area contributed by atoms with Crippen LogP contribution in [0.4, 0.5) is 8.78 Å². The van der Waals surface area contributed by atoms with Crippen LogP contribution in [0.3, 0.4) is 0 Å². The van der Waals surface area contributed by atoms with Gasteiger partial charge in [-0.05, 0) is 36.8 Å². The Balaban J connectivity index is 2.31. The van der Waals surface area contributed by atoms with Crippen LogP contribution in [0.2, 0.25) is 5.02 Å². The number of halogens is 3. The van der Waals surface area contributed by atoms with Crippen molar-refractivity contribution in [2.24, 2.45) is 5.73 Å². The van der Waals surface area contributed by atoms with E-state index in [0.29, 0.717) is 5.02 Å². The van der Waals surface area contributed by atoms with E-state index in [1.165, 1.54) is 12.1 Å². The molecule has 1 atom stereocenters. The SMILES string of the molecule is CC(N)c1ccc(Oc2cccc(F)c2F)c(Cl)c1. The van der Waals surface area contributed by atoms with Crippen LogP contribution in [0.1, 0.15) is 18.5 Å². The molecular weight excluding hydrogens is 272 g/mol. The summed E-state index contributed by atoms with van der Waals surface area (Å²) in [6, 6.07) is 8.47. The van der Waals surface area contributed by atoms with Crippen LogP contribution < -0.4 is 10.5 Å². The van der Waals surface area contributed by atoms with Crippen molar-refractivity contribution in [3.8, 4) is 11.5 Å². The maximum atomic E-state index is 13.5. The Morgan fingerprint density at radius 2 is 1.89 bits per heavy atom. The molecule has 2 nitrogen and oxygen atoms in total. The summed E-state index contributed by atoms with van der Waals surface area (Å²) in [7, 11) is 0. The van der Waals surface area contributed by atoms with Crippen molar-refractivity contribution in [2.45, 2.75) is 13.0 Å². The first-order valence-electron chi connectivity index (χ1n) is 5.66. The lowest BCUT2D eigenvalue weighted by molar-refractivity contribution is 0.416. The molecule has 0 aliphatic carbocycles. The molecule has 0 heterocycles. The van der Waals surface area contributed by atoms with Crippen molar-refractivity contribution < 1.29 is 13.5 Å². The molecule has 0 aliphatic heterocycles. The molecule has 19 heavy (non-hydrogen) atoms. The van der Waals surface area contributed by atoms with Crippen molar-refractivity contribution in [1.29, 1.82) is 0 Å². The molecule has 2 N–H and O–H groups in total. The van der Waals surface area contributed by atoms with E-state index in [-0.39, 0.29) is 17.5 Å². The molecule has 1 unspecified atom stereocenters. The Kier molecular flexibility index (Phi) is 4.02. The molecule has 2 rings (SSSR count). The molecule has 0 aliphatic rings. The van der Waals surface area contributed by atoms with E-state index in [2.05, 4.69) is 0 Å². The number of hydrogen-bond acceptors (Lipinski definition) is 2. The Labute approximate surface area is 114 Å². The van der Waals surface area contributed by atoms with Crippen LogP contribution in [0, 0.1) is 11.6 Å². The van der Waals surface area contributed by atoms with Gasteiger partial charge >= 0.3 is 0 Å². The van der Waals surface area contributed by atoms with Crippen LogP contribution in [0.15, 0.2) is 36.4 Å². The van der Waals surface area contributed by atoms with Crippen molar-refractivity contribution in [3.05, 3.63) is 58.6 Å². The summed E-state index contributed by atoms with van der Waals surface area (Å²) in [6.45, 7) is 1.82. The molecule has 0 saturated carbocycles. The Morgan fingerprint density at radius 1 is 1.16 bits per heavy atom. The number of ether oxygens (including phenoxy) is 1. The summed E-state index contributed by atoms with van der Waals surface area (Å²) in [5.74, 6) is -1.98. The minimum absolute atomic E-state index is 0.169. The average Bonchev–Trinajstić information content (AvgIpc) is 2.37. The summed E-state index contributed by atoms with van der Waals surface area (Å²) < 4.78 is 31.8. The van der Waals surface area contributed by atoms with Gasteiger partial charge < -0.3 is 10.5 Å². The molecule has 2 aromatic carbocycles. The van der Waals surface area contributed by atoms with Gasteiger partial charge in [-0.1, -0.05) is 23.7 Å². The standard InChI is InChI=1S/C14H12ClF2NO/c1-8(18)9-5-6-12(10(15)7-9)19-13-4-2-3-11(16)14(13)17/h2-8H,18H2,1H3. The predicted octanol–water partition coefficient (Wildman–Crippen LogP) is 4.43. The lowest BCUT2D eigenvalue weighted by atomic mass is 10.1. The highest BCUT2D eigenvalue weighted by Gasteiger charge is 2.12. The van der Waals surface area contributed by atoms with E-state index in [9.17, 15) is 8.78 Å². The topological polar surface area (TPSA) is 35.2 Å². The Bertz CT molecular complexity index is 602. The van der Waals surface area contributed by atoms with E-state index >= 15 is 0 Å². The summed E-state index contributed by atoms with van der Waals surface area (Å²) in [6.07, 6.45) is 0. The highest BCUT2D eigenvalue weighted by atomic mass is 35.5. The molecule has 0 spiro atoms. The second-order valence-corrected chi connectivity index (χ2v) is 4.54. The van der Waals surface area contributed by atoms with Crippen LogP contribution in [-0.2, 0) is 0 Å². The number of rotatable bonds is 3. The molecule has 0 aromatic heterocycles. The van der Waals surface area contributed by atoms with Gasteiger partial charge in [0.1, 0.15) is 5.75 Å². The third kappa shape index (κ3) is 3.03. The first-order valence-corrected chi connectivity index (χ1v) is 6.03. The molecule has 0 fully saturated rings. The van der Waals surface area contributed by atoms with Gasteiger partial charge in [-0.15, -0.1) is 0 Å². The van der Waals surface area contributed by atoms with Crippen LogP contribution in [0.5, 0.6) is 11.5 Å². The molecule has 0 amide bonds. The van der Waals surface area contributed by atoms with Gasteiger partial charge in [0.05, 0.1) is 5.02 Å². The van der Waals surface area contributed by atoms with Gasteiger partial charge in [0.15, 0.2) is 11.6 Å². The normalized spacial score (nSPS) is 12.3. The van der Waals surface area contributed by atoms with Crippen LogP contribution >= 0.6 is 11.6 Å². The molecule has 0 saturated heterocycles. The summed E-state index contributed by atoms with van der Waals surface area (Å²) in [4.78, 5) is 0. The van der Waals surface area contributed by atoms with Gasteiger partial charge in [0, 0.05) is 6.04 Å². The monoisotopic (exact) mass is 283 g/mol. The molecule has 0 radical (unpaired) electrons. The lowest BCUT2D eigenvalue weighted by Gasteiger charge is -2.11. The third-order valence-electron chi connectivity index (χ3n) is 2.62. The third-order valence-corrected chi connectivity index (χ3v) is 2.91. The van der Waals surface area contributed by atoms with E-state index in [0.717, 1.165) is 11.6 Å². The molecule has 0 bridgehead atoms. The molecule has 2 aromatic rings. The minimum atomic E-state index is -1.05. The van der Waals surface area contributed by atoms with Gasteiger partial charge in [0.25, 0.3) is 0 Å². The van der Waals surface area contributed by atoms with E-state index in [4.69, 9.17) is 22.1 Å². The number of benzene rings is 2. The van der Waals surface area contributed by atoms with Gasteiger partial charge in [-0.2, -0.15) is 4.39 Å². The van der Waals surface area contributed by atoms with Gasteiger partial charge in [0.2, 0.25) is 5.82 Å². The molecule has 5 heteroatoms. The first-order chi connectivity index (χ1) is 8.99. The van der Waals surface area contributed by atoms with Crippen molar-refractivity contribution in [3.63, 3.8) is 0 Å². The number of hydrogen-bond donors (Lipinski definition) is 1. The van der Waals surface area contributed by atoms with Crippen LogP contribution in [0.25, 0.3) is 0 Å². The molecular formula is C14H12ClF2NO. The quantitative estimate of drug-likeness (QED) is 0.904. The summed E-state index contributed by atoms with van der Waals surface area (Å²) in [5.41, 5.74) is 6.55. The Morgan fingerprint density at radius 3 is 2.53 bits per heavy atom. The summed E-state index contributed by atoms with van der Waals surface area (Å²) in [5, 5.41) is 0.290. The van der Waals surface area contributed by atoms with Crippen LogP contribution in [-0.4, -0.2) is 0 Å². The average molecular weight is 284 g/mol. The number of nitrogens with two attached hydrogens (primary N) is 1. The highest BCUT2D eigenvalue weighted by Crippen LogP contribution is 2.32. The minimum Gasteiger partial charge on any atom is -0.453 e. The second-order valence-electron chi connectivity index (χ2n) is 4.13. The maximum Gasteiger partial charge on any atom is 0.201 e. The highest BCUT2D eigenvalue weighted by molar-refractivity contribution is 6.32. The zero-order valence-corrected chi connectivity index (χ0v) is 10.9. The lowest BCUT2D eigenvalue weighted by Crippen LogP contribution is -2.04. The van der Waals surface area contributed by atoms with E-state index in [1.54, 1.807) is 18.2 Å². The largest absolute Gasteiger partial charge is 0.453 e. The van der Waals surface area contributed by atoms with Crippen molar-refractivity contribution in [1.82, 2.24) is 0 Å². The molecule has 100 valence electrons. The fourth-order valence-electron chi connectivity index (χ4n) is 1.56. The van der Waals surface area contributed by atoms with Gasteiger partial charge in [-0.25, -0.2) is 4.39 Å². The zero-order valence-electron chi connectivity index (χ0n) is 10.2. The summed E-state index contributed by atoms with van der Waals surface area (Å²) >= 11 is 6.02. The second kappa shape index (κ2) is 5.55. The van der Waals surface area contributed by atoms with E-state index in [1.807, 2.05) is 6.92 Å². The van der Waals surface area contributed by atoms with Crippen molar-refractivity contribution >= 4 is 11.6 Å². The first kappa shape index (κ1) is 13.8. The smallest absolute Gasteiger partial charge is 0.201 e. The zero-order chi connectivity index (χ0) is 14.0. The predicted molar refractivity (Wildman–Crippen MR) is 70.5 cm³/mol. The Hall–Kier alpha value is -1.65. The van der Waals surface area contributed by atoms with Gasteiger partial charge in [-0.3, -0.25) is 0 Å².